The molecule has 2 heteroatoms. The van der Waals surface area contributed by atoms with E-state index in [1.165, 1.54) is 0 Å². The van der Waals surface area contributed by atoms with Gasteiger partial charge >= 0.3 is 0 Å². The maximum atomic E-state index is 8.71. The molecule has 0 aliphatic heterocycles. The molecule has 0 heterocycles. The zero-order valence-electron chi connectivity index (χ0n) is 6.55. The van der Waals surface area contributed by atoms with Crippen molar-refractivity contribution >= 4 is 0 Å². The van der Waals surface area contributed by atoms with E-state index in [2.05, 4.69) is 0 Å². The Morgan fingerprint density at radius 2 is 1.44 bits per heavy atom. The van der Waals surface area contributed by atoms with Crippen LogP contribution in [-0.2, 0) is 0 Å². The molecule has 2 nitrogen and oxygen atoms in total. The van der Waals surface area contributed by atoms with Gasteiger partial charge in [0.05, 0.1) is 0 Å². The zero-order chi connectivity index (χ0) is 7.65. The van der Waals surface area contributed by atoms with Gasteiger partial charge in [-0.25, -0.2) is 0 Å². The van der Waals surface area contributed by atoms with Gasteiger partial charge in [-0.05, 0) is 5.41 Å². The lowest BCUT2D eigenvalue weighted by Crippen LogP contribution is -2.29. The monoisotopic (exact) mass is 132 g/mol. The van der Waals surface area contributed by atoms with Gasteiger partial charge in [0.1, 0.15) is 0 Å². The third-order valence-electron chi connectivity index (χ3n) is 1.81. The van der Waals surface area contributed by atoms with Crippen molar-refractivity contribution in [2.45, 2.75) is 34.0 Å². The van der Waals surface area contributed by atoms with E-state index in [0.717, 1.165) is 0 Å². The fourth-order valence-corrected chi connectivity index (χ4v) is 0.447. The minimum atomic E-state index is -1.19. The highest BCUT2D eigenvalue weighted by Crippen LogP contribution is 2.26. The van der Waals surface area contributed by atoms with E-state index in [1.54, 1.807) is 0 Å². The molecule has 0 fully saturated rings. The van der Waals surface area contributed by atoms with Gasteiger partial charge in [-0.2, -0.15) is 0 Å². The molecule has 0 saturated carbocycles. The van der Waals surface area contributed by atoms with Gasteiger partial charge in [-0.15, -0.1) is 0 Å². The van der Waals surface area contributed by atoms with E-state index in [0.29, 0.717) is 0 Å². The third-order valence-corrected chi connectivity index (χ3v) is 1.81. The lowest BCUT2D eigenvalue weighted by Gasteiger charge is -2.28. The Balaban J connectivity index is 3.88. The van der Waals surface area contributed by atoms with Crippen LogP contribution in [0.15, 0.2) is 0 Å². The molecule has 56 valence electrons. The van der Waals surface area contributed by atoms with Crippen LogP contribution < -0.4 is 0 Å². The van der Waals surface area contributed by atoms with E-state index in [9.17, 15) is 0 Å². The lowest BCUT2D eigenvalue weighted by atomic mass is 9.82. The molecule has 0 amide bonds. The van der Waals surface area contributed by atoms with E-state index in [-0.39, 0.29) is 11.3 Å². The van der Waals surface area contributed by atoms with Crippen LogP contribution >= 0.6 is 0 Å². The number of rotatable bonds is 1. The summed E-state index contributed by atoms with van der Waals surface area (Å²) in [5, 5.41) is 17.4. The van der Waals surface area contributed by atoms with Gasteiger partial charge in [0.25, 0.3) is 0 Å². The maximum Gasteiger partial charge on any atom is 0.154 e. The van der Waals surface area contributed by atoms with Gasteiger partial charge in [-0.3, -0.25) is 0 Å². The largest absolute Gasteiger partial charge is 0.368 e. The van der Waals surface area contributed by atoms with Gasteiger partial charge in [0, 0.05) is 5.92 Å². The summed E-state index contributed by atoms with van der Waals surface area (Å²) in [6, 6.07) is 0. The van der Waals surface area contributed by atoms with Crippen molar-refractivity contribution in [3.8, 4) is 0 Å². The first-order chi connectivity index (χ1) is 3.85. The topological polar surface area (TPSA) is 40.5 Å². The van der Waals surface area contributed by atoms with Crippen LogP contribution in [-0.4, -0.2) is 16.5 Å². The summed E-state index contributed by atoms with van der Waals surface area (Å²) in [6.45, 7) is 7.77. The molecule has 0 aromatic carbocycles. The first kappa shape index (κ1) is 8.92. The van der Waals surface area contributed by atoms with Crippen molar-refractivity contribution in [1.29, 1.82) is 0 Å². The van der Waals surface area contributed by atoms with Crippen molar-refractivity contribution in [3.63, 3.8) is 0 Å². The van der Waals surface area contributed by atoms with E-state index in [1.807, 2.05) is 27.7 Å². The summed E-state index contributed by atoms with van der Waals surface area (Å²) in [4.78, 5) is 0. The van der Waals surface area contributed by atoms with Gasteiger partial charge in [0.2, 0.25) is 0 Å². The Morgan fingerprint density at radius 1 is 1.11 bits per heavy atom. The smallest absolute Gasteiger partial charge is 0.154 e. The first-order valence-electron chi connectivity index (χ1n) is 3.22. The van der Waals surface area contributed by atoms with Crippen LogP contribution in [0.5, 0.6) is 0 Å². The molecule has 0 bridgehead atoms. The second-order valence-electron chi connectivity index (χ2n) is 3.57. The Morgan fingerprint density at radius 3 is 1.44 bits per heavy atom. The number of hydrogen-bond donors (Lipinski definition) is 2. The Hall–Kier alpha value is -0.0800. The third kappa shape index (κ3) is 2.82. The molecule has 0 aliphatic carbocycles. The summed E-state index contributed by atoms with van der Waals surface area (Å²) in [5.74, 6) is -0.0718. The molecule has 0 rings (SSSR count). The van der Waals surface area contributed by atoms with Crippen LogP contribution in [0, 0.1) is 11.3 Å². The Labute approximate surface area is 56.5 Å². The van der Waals surface area contributed by atoms with Crippen LogP contribution in [0.25, 0.3) is 0 Å². The minimum Gasteiger partial charge on any atom is -0.368 e. The van der Waals surface area contributed by atoms with Crippen LogP contribution in [0.3, 0.4) is 0 Å². The zero-order valence-corrected chi connectivity index (χ0v) is 6.55. The minimum absolute atomic E-state index is 0.0197. The van der Waals surface area contributed by atoms with Gasteiger partial charge < -0.3 is 10.2 Å². The molecule has 1 unspecified atom stereocenters. The highest BCUT2D eigenvalue weighted by molar-refractivity contribution is 4.70. The molecular weight excluding hydrogens is 116 g/mol. The number of aliphatic hydroxyl groups excluding tert-OH is 1. The molecule has 9 heavy (non-hydrogen) atoms. The highest BCUT2D eigenvalue weighted by Gasteiger charge is 2.24. The van der Waals surface area contributed by atoms with E-state index >= 15 is 0 Å². The van der Waals surface area contributed by atoms with Crippen molar-refractivity contribution in [1.82, 2.24) is 0 Å². The molecule has 0 spiro atoms. The fraction of sp³-hybridized carbons (Fsp3) is 1.00. The standard InChI is InChI=1S/C7H16O2/c1-5(6(8)9)7(2,3)4/h5-6,8-9H,1-4H3. The SMILES string of the molecule is CC(C(O)O)C(C)(C)C. The molecular formula is C7H16O2. The van der Waals surface area contributed by atoms with Crippen molar-refractivity contribution in [3.05, 3.63) is 0 Å². The average Bonchev–Trinajstić information content (AvgIpc) is 1.62. The normalized spacial score (nSPS) is 16.3. The second kappa shape index (κ2) is 2.67. The summed E-state index contributed by atoms with van der Waals surface area (Å²) in [5.41, 5.74) is -0.0197. The van der Waals surface area contributed by atoms with E-state index in [4.69, 9.17) is 10.2 Å². The summed E-state index contributed by atoms with van der Waals surface area (Å²) >= 11 is 0. The van der Waals surface area contributed by atoms with Gasteiger partial charge in [0.15, 0.2) is 6.29 Å². The molecule has 2 N–H and O–H groups in total. The molecule has 0 aliphatic rings. The molecule has 0 aromatic heterocycles. The summed E-state index contributed by atoms with van der Waals surface area (Å²) in [6.07, 6.45) is -1.19. The predicted molar refractivity (Wildman–Crippen MR) is 36.8 cm³/mol. The average molecular weight is 132 g/mol. The Kier molecular flexibility index (Phi) is 2.65. The molecule has 0 saturated heterocycles. The fourth-order valence-electron chi connectivity index (χ4n) is 0.447. The van der Waals surface area contributed by atoms with Crippen molar-refractivity contribution in [2.75, 3.05) is 0 Å². The predicted octanol–water partition coefficient (Wildman–Crippen LogP) is 0.979. The van der Waals surface area contributed by atoms with E-state index < -0.39 is 6.29 Å². The summed E-state index contributed by atoms with van der Waals surface area (Å²) < 4.78 is 0. The second-order valence-corrected chi connectivity index (χ2v) is 3.57. The summed E-state index contributed by atoms with van der Waals surface area (Å²) in [7, 11) is 0. The van der Waals surface area contributed by atoms with Crippen LogP contribution in [0.1, 0.15) is 27.7 Å². The van der Waals surface area contributed by atoms with Crippen LogP contribution in [0.4, 0.5) is 0 Å². The van der Waals surface area contributed by atoms with Gasteiger partial charge in [-0.1, -0.05) is 27.7 Å². The van der Waals surface area contributed by atoms with Crippen LogP contribution in [0.2, 0.25) is 0 Å². The molecule has 0 aromatic rings. The molecule has 1 atom stereocenters. The maximum absolute atomic E-state index is 8.71. The number of hydrogen-bond acceptors (Lipinski definition) is 2. The quantitative estimate of drug-likeness (QED) is 0.522. The lowest BCUT2D eigenvalue weighted by molar-refractivity contribution is -0.107. The highest BCUT2D eigenvalue weighted by atomic mass is 16.5. The van der Waals surface area contributed by atoms with Crippen molar-refractivity contribution < 1.29 is 10.2 Å². The van der Waals surface area contributed by atoms with Crippen molar-refractivity contribution in [2.24, 2.45) is 11.3 Å². The molecule has 0 radical (unpaired) electrons. The first-order valence-corrected chi connectivity index (χ1v) is 3.22. The Bertz CT molecular complexity index is 81.4. The number of aliphatic hydroxyl groups is 2.